The standard InChI is InChI=1S/C15H25NO3/c1-11-4-5-14(10-12(11)2)15(18)13(3)16-6-8-19-9-7-17/h4-5,10,13,15-18H,6-9H2,1-3H3. The zero-order chi connectivity index (χ0) is 14.3. The second-order valence-corrected chi connectivity index (χ2v) is 4.87. The van der Waals surface area contributed by atoms with E-state index in [4.69, 9.17) is 9.84 Å². The van der Waals surface area contributed by atoms with Crippen LogP contribution in [-0.4, -0.2) is 42.6 Å². The van der Waals surface area contributed by atoms with Crippen molar-refractivity contribution in [3.8, 4) is 0 Å². The topological polar surface area (TPSA) is 61.7 Å². The summed E-state index contributed by atoms with van der Waals surface area (Å²) in [5, 5.41) is 22.1. The molecule has 4 heteroatoms. The van der Waals surface area contributed by atoms with Crippen LogP contribution in [-0.2, 0) is 4.74 Å². The van der Waals surface area contributed by atoms with E-state index >= 15 is 0 Å². The molecule has 1 rings (SSSR count). The van der Waals surface area contributed by atoms with Gasteiger partial charge in [0.1, 0.15) is 0 Å². The van der Waals surface area contributed by atoms with Crippen molar-refractivity contribution >= 4 is 0 Å². The van der Waals surface area contributed by atoms with Gasteiger partial charge in [-0.05, 0) is 37.5 Å². The summed E-state index contributed by atoms with van der Waals surface area (Å²) in [7, 11) is 0. The molecule has 0 heterocycles. The number of nitrogens with one attached hydrogen (secondary N) is 1. The fourth-order valence-electron chi connectivity index (χ4n) is 1.87. The molecule has 4 nitrogen and oxygen atoms in total. The van der Waals surface area contributed by atoms with Crippen LogP contribution in [0.15, 0.2) is 18.2 Å². The lowest BCUT2D eigenvalue weighted by molar-refractivity contribution is 0.0849. The summed E-state index contributed by atoms with van der Waals surface area (Å²) in [6, 6.07) is 5.98. The van der Waals surface area contributed by atoms with Gasteiger partial charge in [0.05, 0.1) is 25.9 Å². The van der Waals surface area contributed by atoms with E-state index in [1.807, 2.05) is 32.0 Å². The summed E-state index contributed by atoms with van der Waals surface area (Å²) < 4.78 is 5.16. The van der Waals surface area contributed by atoms with Crippen LogP contribution in [0.25, 0.3) is 0 Å². The maximum Gasteiger partial charge on any atom is 0.0940 e. The van der Waals surface area contributed by atoms with E-state index in [-0.39, 0.29) is 12.6 Å². The normalized spacial score (nSPS) is 14.4. The van der Waals surface area contributed by atoms with Crippen LogP contribution in [0, 0.1) is 13.8 Å². The van der Waals surface area contributed by atoms with E-state index in [9.17, 15) is 5.11 Å². The molecule has 0 fully saturated rings. The van der Waals surface area contributed by atoms with Gasteiger partial charge < -0.3 is 20.3 Å². The Labute approximate surface area is 115 Å². The van der Waals surface area contributed by atoms with E-state index in [0.29, 0.717) is 19.8 Å². The zero-order valence-electron chi connectivity index (χ0n) is 12.0. The van der Waals surface area contributed by atoms with E-state index < -0.39 is 6.10 Å². The van der Waals surface area contributed by atoms with E-state index in [1.54, 1.807) is 0 Å². The molecule has 2 unspecified atom stereocenters. The summed E-state index contributed by atoms with van der Waals surface area (Å²) in [4.78, 5) is 0. The zero-order valence-corrected chi connectivity index (χ0v) is 12.0. The van der Waals surface area contributed by atoms with Gasteiger partial charge in [0, 0.05) is 12.6 Å². The van der Waals surface area contributed by atoms with Gasteiger partial charge in [-0.1, -0.05) is 18.2 Å². The van der Waals surface area contributed by atoms with E-state index in [0.717, 1.165) is 5.56 Å². The minimum Gasteiger partial charge on any atom is -0.394 e. The quantitative estimate of drug-likeness (QED) is 0.622. The van der Waals surface area contributed by atoms with Crippen molar-refractivity contribution in [3.05, 3.63) is 34.9 Å². The molecule has 0 aliphatic rings. The van der Waals surface area contributed by atoms with Crippen LogP contribution in [0.5, 0.6) is 0 Å². The van der Waals surface area contributed by atoms with Crippen molar-refractivity contribution in [2.24, 2.45) is 0 Å². The first-order valence-electron chi connectivity index (χ1n) is 6.73. The van der Waals surface area contributed by atoms with Crippen LogP contribution in [0.2, 0.25) is 0 Å². The Bertz CT molecular complexity index is 382. The molecule has 2 atom stereocenters. The van der Waals surface area contributed by atoms with Crippen molar-refractivity contribution in [1.82, 2.24) is 5.32 Å². The third-order valence-corrected chi connectivity index (χ3v) is 3.29. The first-order valence-corrected chi connectivity index (χ1v) is 6.73. The molecule has 3 N–H and O–H groups in total. The van der Waals surface area contributed by atoms with Crippen molar-refractivity contribution in [2.75, 3.05) is 26.4 Å². The minimum atomic E-state index is -0.530. The summed E-state index contributed by atoms with van der Waals surface area (Å²) >= 11 is 0. The third kappa shape index (κ3) is 5.28. The number of aryl methyl sites for hydroxylation is 2. The van der Waals surface area contributed by atoms with Gasteiger partial charge in [-0.2, -0.15) is 0 Å². The SMILES string of the molecule is Cc1ccc(C(O)C(C)NCCOCCO)cc1C. The molecule has 0 spiro atoms. The predicted octanol–water partition coefficient (Wildman–Crippen LogP) is 1.32. The molecule has 1 aromatic carbocycles. The molecule has 0 amide bonds. The lowest BCUT2D eigenvalue weighted by Gasteiger charge is -2.21. The molecule has 0 radical (unpaired) electrons. The van der Waals surface area contributed by atoms with Crippen LogP contribution >= 0.6 is 0 Å². The van der Waals surface area contributed by atoms with Gasteiger partial charge in [-0.15, -0.1) is 0 Å². The van der Waals surface area contributed by atoms with Gasteiger partial charge in [0.2, 0.25) is 0 Å². The molecule has 19 heavy (non-hydrogen) atoms. The highest BCUT2D eigenvalue weighted by molar-refractivity contribution is 5.31. The molecule has 0 saturated heterocycles. The number of hydrogen-bond donors (Lipinski definition) is 3. The third-order valence-electron chi connectivity index (χ3n) is 3.29. The Morgan fingerprint density at radius 2 is 1.95 bits per heavy atom. The average molecular weight is 267 g/mol. The summed E-state index contributed by atoms with van der Waals surface area (Å²) in [6.07, 6.45) is -0.530. The largest absolute Gasteiger partial charge is 0.394 e. The molecule has 0 saturated carbocycles. The predicted molar refractivity (Wildman–Crippen MR) is 76.2 cm³/mol. The molecular formula is C15H25NO3. The second-order valence-electron chi connectivity index (χ2n) is 4.87. The van der Waals surface area contributed by atoms with E-state index in [2.05, 4.69) is 12.2 Å². The van der Waals surface area contributed by atoms with Gasteiger partial charge in [-0.25, -0.2) is 0 Å². The summed E-state index contributed by atoms with van der Waals surface area (Å²) in [6.45, 7) is 7.65. The number of aliphatic hydroxyl groups is 2. The number of aliphatic hydroxyl groups excluding tert-OH is 2. The van der Waals surface area contributed by atoms with E-state index in [1.165, 1.54) is 11.1 Å². The molecule has 0 aliphatic carbocycles. The number of ether oxygens (including phenoxy) is 1. The lowest BCUT2D eigenvalue weighted by atomic mass is 9.99. The fraction of sp³-hybridized carbons (Fsp3) is 0.600. The Kier molecular flexibility index (Phi) is 7.02. The first-order chi connectivity index (χ1) is 9.06. The lowest BCUT2D eigenvalue weighted by Crippen LogP contribution is -2.34. The maximum absolute atomic E-state index is 10.3. The molecule has 1 aromatic rings. The number of hydrogen-bond acceptors (Lipinski definition) is 4. The fourth-order valence-corrected chi connectivity index (χ4v) is 1.87. The van der Waals surface area contributed by atoms with Crippen molar-refractivity contribution < 1.29 is 14.9 Å². The van der Waals surface area contributed by atoms with Crippen molar-refractivity contribution in [1.29, 1.82) is 0 Å². The molecular weight excluding hydrogens is 242 g/mol. The number of rotatable bonds is 8. The average Bonchev–Trinajstić information content (AvgIpc) is 2.40. The Morgan fingerprint density at radius 3 is 2.58 bits per heavy atom. The first kappa shape index (κ1) is 16.1. The van der Waals surface area contributed by atoms with Crippen LogP contribution in [0.3, 0.4) is 0 Å². The van der Waals surface area contributed by atoms with Crippen molar-refractivity contribution in [3.63, 3.8) is 0 Å². The highest BCUT2D eigenvalue weighted by atomic mass is 16.5. The van der Waals surface area contributed by atoms with Gasteiger partial charge >= 0.3 is 0 Å². The van der Waals surface area contributed by atoms with Crippen LogP contribution in [0.1, 0.15) is 29.7 Å². The molecule has 0 aromatic heterocycles. The Hall–Kier alpha value is -0.940. The molecule has 0 bridgehead atoms. The highest BCUT2D eigenvalue weighted by Gasteiger charge is 2.15. The summed E-state index contributed by atoms with van der Waals surface area (Å²) in [5.41, 5.74) is 3.35. The summed E-state index contributed by atoms with van der Waals surface area (Å²) in [5.74, 6) is 0. The van der Waals surface area contributed by atoms with Crippen molar-refractivity contribution in [2.45, 2.75) is 32.9 Å². The smallest absolute Gasteiger partial charge is 0.0940 e. The maximum atomic E-state index is 10.3. The van der Waals surface area contributed by atoms with Gasteiger partial charge in [0.25, 0.3) is 0 Å². The Morgan fingerprint density at radius 1 is 1.21 bits per heavy atom. The highest BCUT2D eigenvalue weighted by Crippen LogP contribution is 2.19. The second kappa shape index (κ2) is 8.27. The molecule has 0 aliphatic heterocycles. The van der Waals surface area contributed by atoms with Gasteiger partial charge in [0.15, 0.2) is 0 Å². The van der Waals surface area contributed by atoms with Gasteiger partial charge in [-0.3, -0.25) is 0 Å². The molecule has 108 valence electrons. The monoisotopic (exact) mass is 267 g/mol. The van der Waals surface area contributed by atoms with Crippen LogP contribution in [0.4, 0.5) is 0 Å². The van der Waals surface area contributed by atoms with Crippen LogP contribution < -0.4 is 5.32 Å². The number of benzene rings is 1. The minimum absolute atomic E-state index is 0.0418. The Balaban J connectivity index is 2.42.